The van der Waals surface area contributed by atoms with Gasteiger partial charge in [-0.3, -0.25) is 19.2 Å². The first kappa shape index (κ1) is 43.2. The molecular formula is C53H54N2O8. The lowest BCUT2D eigenvalue weighted by molar-refractivity contribution is -0.145. The van der Waals surface area contributed by atoms with E-state index in [1.165, 1.54) is 11.1 Å². The molecule has 0 radical (unpaired) electrons. The molecule has 63 heavy (non-hydrogen) atoms. The van der Waals surface area contributed by atoms with E-state index in [-0.39, 0.29) is 46.3 Å². The monoisotopic (exact) mass is 846 g/mol. The fourth-order valence-electron chi connectivity index (χ4n) is 8.90. The van der Waals surface area contributed by atoms with Crippen LogP contribution < -0.4 is 18.9 Å². The molecule has 2 aliphatic carbocycles. The number of hydrogen-bond donors (Lipinski definition) is 0. The molecule has 2 aliphatic rings. The number of nitrogens with zero attached hydrogens (tertiary/aromatic N) is 2. The number of aromatic nitrogens is 2. The van der Waals surface area contributed by atoms with Crippen LogP contribution >= 0.6 is 0 Å². The van der Waals surface area contributed by atoms with E-state index < -0.39 is 23.8 Å². The van der Waals surface area contributed by atoms with Crippen molar-refractivity contribution in [2.45, 2.75) is 97.8 Å². The minimum Gasteiger partial charge on any atom is -0.426 e. The minimum atomic E-state index is -0.423. The van der Waals surface area contributed by atoms with Gasteiger partial charge in [0.1, 0.15) is 22.5 Å². The van der Waals surface area contributed by atoms with Crippen LogP contribution in [-0.4, -0.2) is 33.8 Å². The molecule has 0 spiro atoms. The third kappa shape index (κ3) is 10.3. The molecular weight excluding hydrogens is 793 g/mol. The second-order valence-electron chi connectivity index (χ2n) is 17.1. The summed E-state index contributed by atoms with van der Waals surface area (Å²) in [4.78, 5) is 63.3. The van der Waals surface area contributed by atoms with Crippen LogP contribution in [0.15, 0.2) is 103 Å². The molecule has 0 unspecified atom stereocenters. The van der Waals surface area contributed by atoms with Crippen molar-refractivity contribution < 1.29 is 38.1 Å². The Morgan fingerprint density at radius 2 is 1.00 bits per heavy atom. The Kier molecular flexibility index (Phi) is 13.5. The molecule has 5 aromatic carbocycles. The van der Waals surface area contributed by atoms with Crippen LogP contribution in [0.4, 0.5) is 0 Å². The number of carbonyl (C=O) groups excluding carboxylic acids is 4. The second kappa shape index (κ2) is 19.7. The van der Waals surface area contributed by atoms with E-state index >= 15 is 0 Å². The lowest BCUT2D eigenvalue weighted by Gasteiger charge is -2.26. The first-order chi connectivity index (χ1) is 30.6. The van der Waals surface area contributed by atoms with E-state index in [0.717, 1.165) is 47.6 Å². The zero-order chi connectivity index (χ0) is 43.9. The van der Waals surface area contributed by atoms with E-state index in [0.29, 0.717) is 68.6 Å². The van der Waals surface area contributed by atoms with Crippen molar-refractivity contribution in [3.05, 3.63) is 120 Å². The number of benzene rings is 5. The largest absolute Gasteiger partial charge is 0.426 e. The molecule has 2 fully saturated rings. The normalized spacial score (nSPS) is 18.7. The summed E-state index contributed by atoms with van der Waals surface area (Å²) in [5, 5.41) is 2.18. The van der Waals surface area contributed by atoms with Gasteiger partial charge in [-0.05, 0) is 141 Å². The zero-order valence-corrected chi connectivity index (χ0v) is 36.3. The maximum absolute atomic E-state index is 13.8. The molecule has 0 aliphatic heterocycles. The van der Waals surface area contributed by atoms with Crippen LogP contribution in [0.5, 0.6) is 23.0 Å². The van der Waals surface area contributed by atoms with Gasteiger partial charge in [0.05, 0.1) is 35.6 Å². The Hall–Kier alpha value is -6.42. The van der Waals surface area contributed by atoms with Crippen molar-refractivity contribution in [3.8, 4) is 34.3 Å². The molecule has 6 aromatic rings. The summed E-state index contributed by atoms with van der Waals surface area (Å²) in [5.41, 5.74) is 5.52. The smallest absolute Gasteiger partial charge is 0.314 e. The van der Waals surface area contributed by atoms with Crippen LogP contribution in [0, 0.1) is 30.6 Å². The van der Waals surface area contributed by atoms with Crippen molar-refractivity contribution in [2.24, 2.45) is 23.7 Å². The number of carbonyl (C=O) groups is 4. The number of rotatable bonds is 13. The molecule has 2 saturated carbocycles. The molecule has 0 saturated heterocycles. The molecule has 10 nitrogen and oxygen atoms in total. The predicted molar refractivity (Wildman–Crippen MR) is 242 cm³/mol. The highest BCUT2D eigenvalue weighted by molar-refractivity contribution is 5.94. The number of ether oxygens (including phenoxy) is 4. The summed E-state index contributed by atoms with van der Waals surface area (Å²) >= 11 is 0. The molecule has 1 aromatic heterocycles. The van der Waals surface area contributed by atoms with Gasteiger partial charge in [-0.25, -0.2) is 9.97 Å². The van der Waals surface area contributed by atoms with Crippen molar-refractivity contribution in [2.75, 3.05) is 0 Å². The predicted octanol–water partition coefficient (Wildman–Crippen LogP) is 11.3. The first-order valence-corrected chi connectivity index (χ1v) is 22.5. The fourth-order valence-corrected chi connectivity index (χ4v) is 8.90. The standard InChI is InChI=1S/C53H54N2O8/c1-4-7-34-11-24-42(25-12-34)60-50(56)36-15-19-38(20-16-36)52(58)62-46-29-30-47(49-48(46)54-32-45(55-49)41-23-28-44-33(3)9-6-10-40(44)31-41)63-53(59)39-21-17-37(18-22-39)51(57)61-43-26-13-35(8-5-2)14-27-43/h6,9-14,23-32,36-39H,4-5,7-8,15-22H2,1-3H3/t36-,37-,38-,39-. The molecule has 1 heterocycles. The molecule has 10 heteroatoms. The van der Waals surface area contributed by atoms with Crippen molar-refractivity contribution in [1.82, 2.24) is 9.97 Å². The summed E-state index contributed by atoms with van der Waals surface area (Å²) in [7, 11) is 0. The van der Waals surface area contributed by atoms with Gasteiger partial charge in [0, 0.05) is 5.56 Å². The molecule has 0 amide bonds. The van der Waals surface area contributed by atoms with Gasteiger partial charge in [0.2, 0.25) is 0 Å². The average molecular weight is 847 g/mol. The third-order valence-electron chi connectivity index (χ3n) is 12.6. The number of esters is 4. The Labute approximate surface area is 368 Å². The second-order valence-corrected chi connectivity index (χ2v) is 17.1. The van der Waals surface area contributed by atoms with Gasteiger partial charge in [-0.1, -0.05) is 81.3 Å². The molecule has 0 N–H and O–H groups in total. The number of fused-ring (bicyclic) bond motifs is 2. The van der Waals surface area contributed by atoms with Crippen LogP contribution in [-0.2, 0) is 32.0 Å². The van der Waals surface area contributed by atoms with E-state index in [9.17, 15) is 19.2 Å². The van der Waals surface area contributed by atoms with Gasteiger partial charge < -0.3 is 18.9 Å². The highest BCUT2D eigenvalue weighted by atomic mass is 16.5. The first-order valence-electron chi connectivity index (χ1n) is 22.5. The number of aryl methyl sites for hydroxylation is 3. The maximum Gasteiger partial charge on any atom is 0.314 e. The fraction of sp³-hybridized carbons (Fsp3) is 0.358. The summed E-state index contributed by atoms with van der Waals surface area (Å²) in [6.07, 6.45) is 9.59. The van der Waals surface area contributed by atoms with E-state index in [1.54, 1.807) is 18.3 Å². The number of hydrogen-bond acceptors (Lipinski definition) is 10. The lowest BCUT2D eigenvalue weighted by Crippen LogP contribution is -2.30. The third-order valence-corrected chi connectivity index (χ3v) is 12.6. The highest BCUT2D eigenvalue weighted by Crippen LogP contribution is 2.38. The summed E-state index contributed by atoms with van der Waals surface area (Å²) in [5.74, 6) is -1.41. The van der Waals surface area contributed by atoms with Crippen LogP contribution in [0.3, 0.4) is 0 Å². The molecule has 324 valence electrons. The van der Waals surface area contributed by atoms with Crippen LogP contribution in [0.1, 0.15) is 94.7 Å². The molecule has 0 atom stereocenters. The van der Waals surface area contributed by atoms with Crippen molar-refractivity contribution in [3.63, 3.8) is 0 Å². The summed E-state index contributed by atoms with van der Waals surface area (Å²) < 4.78 is 23.5. The average Bonchev–Trinajstić information content (AvgIpc) is 3.31. The van der Waals surface area contributed by atoms with Gasteiger partial charge in [0.25, 0.3) is 0 Å². The zero-order valence-electron chi connectivity index (χ0n) is 36.3. The van der Waals surface area contributed by atoms with E-state index in [4.69, 9.17) is 28.9 Å². The summed E-state index contributed by atoms with van der Waals surface area (Å²) in [6, 6.07) is 30.7. The topological polar surface area (TPSA) is 131 Å². The lowest BCUT2D eigenvalue weighted by atomic mass is 9.82. The molecule has 8 rings (SSSR count). The SMILES string of the molecule is CCCc1ccc(OC(=O)[C@H]2CC[C@H](C(=O)Oc3ccc(OC(=O)[C@H]4CC[C@H](C(=O)Oc5ccc(CCC)cc5)CC4)c4nc(-c5ccc6c(C)cccc6c5)cnc34)CC2)cc1. The van der Waals surface area contributed by atoms with Gasteiger partial charge in [-0.2, -0.15) is 0 Å². The van der Waals surface area contributed by atoms with Gasteiger partial charge in [0.15, 0.2) is 11.5 Å². The van der Waals surface area contributed by atoms with Crippen LogP contribution in [0.25, 0.3) is 33.1 Å². The Morgan fingerprint density at radius 1 is 0.540 bits per heavy atom. The van der Waals surface area contributed by atoms with Gasteiger partial charge in [-0.15, -0.1) is 0 Å². The van der Waals surface area contributed by atoms with Gasteiger partial charge >= 0.3 is 23.9 Å². The minimum absolute atomic E-state index is 0.202. The van der Waals surface area contributed by atoms with E-state index in [2.05, 4.69) is 32.9 Å². The Balaban J connectivity index is 0.954. The highest BCUT2D eigenvalue weighted by Gasteiger charge is 2.34. The molecule has 0 bridgehead atoms. The summed E-state index contributed by atoms with van der Waals surface area (Å²) in [6.45, 7) is 6.32. The van der Waals surface area contributed by atoms with Crippen molar-refractivity contribution in [1.29, 1.82) is 0 Å². The maximum atomic E-state index is 13.8. The van der Waals surface area contributed by atoms with Crippen molar-refractivity contribution >= 4 is 45.7 Å². The van der Waals surface area contributed by atoms with E-state index in [1.807, 2.05) is 72.8 Å². The quantitative estimate of drug-likeness (QED) is 0.0817. The van der Waals surface area contributed by atoms with Crippen LogP contribution in [0.2, 0.25) is 0 Å². The Bertz CT molecular complexity index is 2610. The Morgan fingerprint density at radius 3 is 1.48 bits per heavy atom.